The molecule has 2 rings (SSSR count). The molecule has 1 amide bonds. The molecule has 0 unspecified atom stereocenters. The van der Waals surface area contributed by atoms with Crippen LogP contribution >= 0.6 is 11.6 Å². The first-order chi connectivity index (χ1) is 11.0. The van der Waals surface area contributed by atoms with Crippen LogP contribution in [0.15, 0.2) is 54.6 Å². The normalized spacial score (nSPS) is 11.5. The van der Waals surface area contributed by atoms with Gasteiger partial charge < -0.3 is 15.2 Å². The summed E-state index contributed by atoms with van der Waals surface area (Å²) in [6, 6.07) is 14.7. The van der Waals surface area contributed by atoms with Gasteiger partial charge in [0.25, 0.3) is 5.91 Å². The number of carboxylic acids is 1. The zero-order chi connectivity index (χ0) is 16.7. The number of benzene rings is 2. The Hall–Kier alpha value is -2.53. The first kappa shape index (κ1) is 16.8. The van der Waals surface area contributed by atoms with E-state index in [-0.39, 0.29) is 13.0 Å². The van der Waals surface area contributed by atoms with Gasteiger partial charge in [-0.3, -0.25) is 4.79 Å². The molecule has 0 aromatic heterocycles. The summed E-state index contributed by atoms with van der Waals surface area (Å²) in [5.74, 6) is -1.10. The number of carboxylic acid groups (broad SMARTS) is 1. The maximum atomic E-state index is 11.9. The molecule has 0 aliphatic heterocycles. The highest BCUT2D eigenvalue weighted by atomic mass is 35.5. The summed E-state index contributed by atoms with van der Waals surface area (Å²) in [5.41, 5.74) is 0.832. The van der Waals surface area contributed by atoms with E-state index in [1.165, 1.54) is 0 Å². The first-order valence-corrected chi connectivity index (χ1v) is 7.37. The number of hydrogen-bond donors (Lipinski definition) is 2. The summed E-state index contributed by atoms with van der Waals surface area (Å²) in [6.07, 6.45) is 0.211. The van der Waals surface area contributed by atoms with Crippen molar-refractivity contribution in [2.75, 3.05) is 6.61 Å². The molecule has 23 heavy (non-hydrogen) atoms. The molecule has 6 heteroatoms. The van der Waals surface area contributed by atoms with Crippen molar-refractivity contribution in [3.8, 4) is 5.75 Å². The van der Waals surface area contributed by atoms with Crippen molar-refractivity contribution in [1.29, 1.82) is 0 Å². The smallest absolute Gasteiger partial charge is 0.326 e. The number of amides is 1. The van der Waals surface area contributed by atoms with Gasteiger partial charge in [-0.05, 0) is 29.8 Å². The summed E-state index contributed by atoms with van der Waals surface area (Å²) in [7, 11) is 0. The number of halogens is 1. The van der Waals surface area contributed by atoms with Gasteiger partial charge in [-0.25, -0.2) is 4.79 Å². The Bertz CT molecular complexity index is 658. The molecule has 2 N–H and O–H groups in total. The number of carbonyl (C=O) groups is 2. The monoisotopic (exact) mass is 333 g/mol. The second-order valence-electron chi connectivity index (χ2n) is 4.89. The zero-order valence-electron chi connectivity index (χ0n) is 12.2. The molecule has 0 fully saturated rings. The second-order valence-corrected chi connectivity index (χ2v) is 5.33. The lowest BCUT2D eigenvalue weighted by Crippen LogP contribution is -2.44. The Morgan fingerprint density at radius 2 is 1.74 bits per heavy atom. The van der Waals surface area contributed by atoms with Crippen LogP contribution in [0, 0.1) is 0 Å². The Morgan fingerprint density at radius 1 is 1.09 bits per heavy atom. The SMILES string of the molecule is O=C(COc1ccc(Cl)cc1)N[C@@H](Cc1ccccc1)C(=O)O. The Labute approximate surface area is 138 Å². The van der Waals surface area contributed by atoms with E-state index in [1.807, 2.05) is 30.3 Å². The van der Waals surface area contributed by atoms with Gasteiger partial charge in [0.2, 0.25) is 0 Å². The lowest BCUT2D eigenvalue weighted by atomic mass is 10.1. The van der Waals surface area contributed by atoms with Crippen molar-refractivity contribution in [2.24, 2.45) is 0 Å². The molecule has 0 heterocycles. The van der Waals surface area contributed by atoms with Gasteiger partial charge in [-0.15, -0.1) is 0 Å². The lowest BCUT2D eigenvalue weighted by Gasteiger charge is -2.15. The van der Waals surface area contributed by atoms with E-state index < -0.39 is 17.9 Å². The van der Waals surface area contributed by atoms with Crippen molar-refractivity contribution in [1.82, 2.24) is 5.32 Å². The van der Waals surface area contributed by atoms with Gasteiger partial charge in [0.15, 0.2) is 6.61 Å². The number of carbonyl (C=O) groups excluding carboxylic acids is 1. The number of rotatable bonds is 7. The highest BCUT2D eigenvalue weighted by molar-refractivity contribution is 6.30. The molecule has 120 valence electrons. The van der Waals surface area contributed by atoms with E-state index in [1.54, 1.807) is 24.3 Å². The predicted octanol–water partition coefficient (Wildman–Crippen LogP) is 2.53. The Kier molecular flexibility index (Phi) is 6.00. The molecule has 0 radical (unpaired) electrons. The molecule has 2 aromatic carbocycles. The molecule has 0 saturated carbocycles. The van der Waals surface area contributed by atoms with E-state index in [2.05, 4.69) is 5.32 Å². The summed E-state index contributed by atoms with van der Waals surface area (Å²) in [4.78, 5) is 23.1. The van der Waals surface area contributed by atoms with E-state index in [0.29, 0.717) is 10.8 Å². The standard InChI is InChI=1S/C17H16ClNO4/c18-13-6-8-14(9-7-13)23-11-16(20)19-15(17(21)22)10-12-4-2-1-3-5-12/h1-9,15H,10-11H2,(H,19,20)(H,21,22)/t15-/m0/s1. The fourth-order valence-corrected chi connectivity index (χ4v) is 2.09. The fraction of sp³-hybridized carbons (Fsp3) is 0.176. The van der Waals surface area contributed by atoms with E-state index in [9.17, 15) is 14.7 Å². The molecular formula is C17H16ClNO4. The number of ether oxygens (including phenoxy) is 1. The van der Waals surface area contributed by atoms with Gasteiger partial charge in [0.1, 0.15) is 11.8 Å². The zero-order valence-corrected chi connectivity index (χ0v) is 13.0. The van der Waals surface area contributed by atoms with Crippen LogP contribution in [0.4, 0.5) is 0 Å². The third kappa shape index (κ3) is 5.64. The van der Waals surface area contributed by atoms with Crippen molar-refractivity contribution >= 4 is 23.5 Å². The third-order valence-electron chi connectivity index (χ3n) is 3.10. The van der Waals surface area contributed by atoms with Crippen LogP contribution in [0.5, 0.6) is 5.75 Å². The van der Waals surface area contributed by atoms with Gasteiger partial charge in [-0.2, -0.15) is 0 Å². The van der Waals surface area contributed by atoms with Crippen molar-refractivity contribution in [2.45, 2.75) is 12.5 Å². The molecule has 1 atom stereocenters. The fourth-order valence-electron chi connectivity index (χ4n) is 1.97. The minimum absolute atomic E-state index is 0.211. The van der Waals surface area contributed by atoms with E-state index in [0.717, 1.165) is 5.56 Å². The molecular weight excluding hydrogens is 318 g/mol. The van der Waals surface area contributed by atoms with Crippen molar-refractivity contribution < 1.29 is 19.4 Å². The van der Waals surface area contributed by atoms with E-state index >= 15 is 0 Å². The predicted molar refractivity (Wildman–Crippen MR) is 86.7 cm³/mol. The molecule has 2 aromatic rings. The molecule has 0 aliphatic rings. The highest BCUT2D eigenvalue weighted by Crippen LogP contribution is 2.15. The van der Waals surface area contributed by atoms with Gasteiger partial charge in [-0.1, -0.05) is 41.9 Å². The Balaban J connectivity index is 1.88. The largest absolute Gasteiger partial charge is 0.484 e. The third-order valence-corrected chi connectivity index (χ3v) is 3.35. The maximum Gasteiger partial charge on any atom is 0.326 e. The first-order valence-electron chi connectivity index (χ1n) is 6.99. The minimum atomic E-state index is -1.09. The summed E-state index contributed by atoms with van der Waals surface area (Å²) in [6.45, 7) is -0.264. The topological polar surface area (TPSA) is 75.6 Å². The summed E-state index contributed by atoms with van der Waals surface area (Å²) >= 11 is 5.75. The van der Waals surface area contributed by atoms with Crippen LogP contribution in [0.2, 0.25) is 5.02 Å². The van der Waals surface area contributed by atoms with Crippen LogP contribution in [0.3, 0.4) is 0 Å². The average Bonchev–Trinajstić information content (AvgIpc) is 2.54. The summed E-state index contributed by atoms with van der Waals surface area (Å²) in [5, 5.41) is 12.3. The van der Waals surface area contributed by atoms with E-state index in [4.69, 9.17) is 16.3 Å². The lowest BCUT2D eigenvalue weighted by molar-refractivity contribution is -0.142. The van der Waals surface area contributed by atoms with Crippen LogP contribution in [0.1, 0.15) is 5.56 Å². The van der Waals surface area contributed by atoms with Crippen LogP contribution in [-0.2, 0) is 16.0 Å². The van der Waals surface area contributed by atoms with Gasteiger partial charge in [0, 0.05) is 11.4 Å². The van der Waals surface area contributed by atoms with Crippen LogP contribution in [-0.4, -0.2) is 29.6 Å². The molecule has 0 aliphatic carbocycles. The van der Waals surface area contributed by atoms with Crippen molar-refractivity contribution in [3.05, 3.63) is 65.2 Å². The molecule has 5 nitrogen and oxygen atoms in total. The Morgan fingerprint density at radius 3 is 2.35 bits per heavy atom. The van der Waals surface area contributed by atoms with Gasteiger partial charge in [0.05, 0.1) is 0 Å². The van der Waals surface area contributed by atoms with Crippen molar-refractivity contribution in [3.63, 3.8) is 0 Å². The highest BCUT2D eigenvalue weighted by Gasteiger charge is 2.20. The minimum Gasteiger partial charge on any atom is -0.484 e. The maximum absolute atomic E-state index is 11.9. The molecule has 0 spiro atoms. The quantitative estimate of drug-likeness (QED) is 0.816. The molecule has 0 bridgehead atoms. The number of hydrogen-bond acceptors (Lipinski definition) is 3. The average molecular weight is 334 g/mol. The number of nitrogens with one attached hydrogen (secondary N) is 1. The second kappa shape index (κ2) is 8.19. The summed E-state index contributed by atoms with van der Waals surface area (Å²) < 4.78 is 5.29. The molecule has 0 saturated heterocycles. The van der Waals surface area contributed by atoms with Crippen LogP contribution in [0.25, 0.3) is 0 Å². The van der Waals surface area contributed by atoms with Gasteiger partial charge >= 0.3 is 5.97 Å². The van der Waals surface area contributed by atoms with Crippen LogP contribution < -0.4 is 10.1 Å². The number of aliphatic carboxylic acids is 1.